The summed E-state index contributed by atoms with van der Waals surface area (Å²) >= 11 is 1.30. The number of anilines is 2. The number of thiophene rings is 1. The average molecular weight is 475 g/mol. The molecule has 0 aliphatic heterocycles. The van der Waals surface area contributed by atoms with Crippen LogP contribution in [0.4, 0.5) is 15.8 Å². The minimum absolute atomic E-state index is 0.0275. The van der Waals surface area contributed by atoms with Gasteiger partial charge in [-0.05, 0) is 42.0 Å². The van der Waals surface area contributed by atoms with Crippen LogP contribution >= 0.6 is 11.3 Å². The van der Waals surface area contributed by atoms with Gasteiger partial charge in [-0.15, -0.1) is 11.3 Å². The summed E-state index contributed by atoms with van der Waals surface area (Å²) in [5.74, 6) is -1.22. The number of benzene rings is 2. The Morgan fingerprint density at radius 3 is 2.62 bits per heavy atom. The number of carbonyl (C=O) groups excluding carboxylic acids is 2. The molecule has 34 heavy (non-hydrogen) atoms. The molecule has 170 valence electrons. The largest absolute Gasteiger partial charge is 0.375 e. The van der Waals surface area contributed by atoms with Crippen LogP contribution in [0.5, 0.6) is 0 Å². The number of ether oxygens (including phenoxy) is 1. The third-order valence-electron chi connectivity index (χ3n) is 5.18. The molecule has 0 unspecified atom stereocenters. The molecular formula is C25H19FN4O3S. The van der Waals surface area contributed by atoms with E-state index >= 15 is 0 Å². The molecule has 2 amide bonds. The van der Waals surface area contributed by atoms with Crippen LogP contribution in [0.2, 0.25) is 0 Å². The highest BCUT2D eigenvalue weighted by molar-refractivity contribution is 7.21. The number of halogens is 1. The van der Waals surface area contributed by atoms with Crippen molar-refractivity contribution in [2.24, 2.45) is 0 Å². The fourth-order valence-corrected chi connectivity index (χ4v) is 4.47. The molecule has 0 aliphatic carbocycles. The van der Waals surface area contributed by atoms with E-state index in [0.717, 1.165) is 21.2 Å². The number of nitrogens with zero attached hydrogens (tertiary/aromatic N) is 3. The predicted octanol–water partition coefficient (Wildman–Crippen LogP) is 4.84. The summed E-state index contributed by atoms with van der Waals surface area (Å²) < 4.78 is 19.7. The van der Waals surface area contributed by atoms with Gasteiger partial charge in [0.15, 0.2) is 0 Å². The topological polar surface area (TPSA) is 95.3 Å². The van der Waals surface area contributed by atoms with E-state index in [9.17, 15) is 14.0 Å². The normalized spacial score (nSPS) is 10.6. The van der Waals surface area contributed by atoms with Gasteiger partial charge in [-0.1, -0.05) is 12.1 Å². The van der Waals surface area contributed by atoms with Gasteiger partial charge in [0, 0.05) is 48.9 Å². The summed E-state index contributed by atoms with van der Waals surface area (Å²) in [7, 11) is 3.01. The van der Waals surface area contributed by atoms with Crippen molar-refractivity contribution in [3.63, 3.8) is 0 Å². The first-order valence-corrected chi connectivity index (χ1v) is 11.0. The van der Waals surface area contributed by atoms with Crippen molar-refractivity contribution in [1.82, 2.24) is 4.98 Å². The first kappa shape index (κ1) is 23.0. The standard InChI is InChI=1S/C25H19FN4O3S/c1-30(18-8-5-16(11-27)21(26)9-18)25(32)22-10-19-20(12-28-13-23(19)34-22)15-3-6-17(7-4-15)29-24(31)14-33-2/h3-10,12-13H,14H2,1-2H3,(H,29,31). The van der Waals surface area contributed by atoms with Gasteiger partial charge in [0.2, 0.25) is 5.91 Å². The molecule has 7 nitrogen and oxygen atoms in total. The third-order valence-corrected chi connectivity index (χ3v) is 6.23. The number of carbonyl (C=O) groups is 2. The lowest BCUT2D eigenvalue weighted by Gasteiger charge is -2.16. The Balaban J connectivity index is 1.62. The molecule has 0 aliphatic rings. The van der Waals surface area contributed by atoms with Crippen molar-refractivity contribution < 1.29 is 18.7 Å². The van der Waals surface area contributed by atoms with Crippen LogP contribution in [0.15, 0.2) is 60.9 Å². The molecule has 0 radical (unpaired) electrons. The van der Waals surface area contributed by atoms with Gasteiger partial charge in [0.25, 0.3) is 5.91 Å². The number of rotatable bonds is 6. The minimum Gasteiger partial charge on any atom is -0.375 e. The summed E-state index contributed by atoms with van der Waals surface area (Å²) in [6, 6.07) is 14.9. The Morgan fingerprint density at radius 1 is 1.18 bits per heavy atom. The molecule has 9 heteroatoms. The molecule has 1 N–H and O–H groups in total. The number of hydrogen-bond acceptors (Lipinski definition) is 6. The second-order valence-corrected chi connectivity index (χ2v) is 8.49. The monoisotopic (exact) mass is 474 g/mol. The summed E-state index contributed by atoms with van der Waals surface area (Å²) in [6.45, 7) is -0.0275. The van der Waals surface area contributed by atoms with Crippen LogP contribution in [-0.2, 0) is 9.53 Å². The molecule has 2 aromatic heterocycles. The van der Waals surface area contributed by atoms with E-state index in [1.165, 1.54) is 41.5 Å². The number of methoxy groups -OCH3 is 1. The Hall–Kier alpha value is -4.13. The first-order valence-electron chi connectivity index (χ1n) is 10.2. The zero-order valence-corrected chi connectivity index (χ0v) is 19.1. The first-order chi connectivity index (χ1) is 16.4. The lowest BCUT2D eigenvalue weighted by Crippen LogP contribution is -2.25. The second kappa shape index (κ2) is 9.79. The molecule has 0 bridgehead atoms. The lowest BCUT2D eigenvalue weighted by atomic mass is 10.0. The molecule has 0 fully saturated rings. The fourth-order valence-electron chi connectivity index (χ4n) is 3.44. The Labute approximate surface area is 199 Å². The Bertz CT molecular complexity index is 1430. The SMILES string of the molecule is COCC(=O)Nc1ccc(-c2cncc3sc(C(=O)N(C)c4ccc(C#N)c(F)c4)cc23)cc1. The molecule has 4 rings (SSSR count). The number of aromatic nitrogens is 1. The minimum atomic E-state index is -0.677. The van der Waals surface area contributed by atoms with E-state index in [2.05, 4.69) is 10.3 Å². The molecule has 0 atom stereocenters. The summed E-state index contributed by atoms with van der Waals surface area (Å²) in [6.07, 6.45) is 3.42. The highest BCUT2D eigenvalue weighted by Gasteiger charge is 2.19. The van der Waals surface area contributed by atoms with Gasteiger partial charge in [-0.25, -0.2) is 4.39 Å². The van der Waals surface area contributed by atoms with Crippen molar-refractivity contribution in [2.75, 3.05) is 31.0 Å². The predicted molar refractivity (Wildman–Crippen MR) is 129 cm³/mol. The highest BCUT2D eigenvalue weighted by Crippen LogP contribution is 2.34. The van der Waals surface area contributed by atoms with Gasteiger partial charge in [0.1, 0.15) is 18.5 Å². The number of hydrogen-bond donors (Lipinski definition) is 1. The quantitative estimate of drug-likeness (QED) is 0.432. The zero-order chi connectivity index (χ0) is 24.2. The van der Waals surface area contributed by atoms with E-state index in [0.29, 0.717) is 16.3 Å². The molecular weight excluding hydrogens is 455 g/mol. The van der Waals surface area contributed by atoms with E-state index in [4.69, 9.17) is 10.00 Å². The number of amides is 2. The maximum Gasteiger partial charge on any atom is 0.268 e. The van der Waals surface area contributed by atoms with Crippen LogP contribution < -0.4 is 10.2 Å². The van der Waals surface area contributed by atoms with Gasteiger partial charge in [0.05, 0.1) is 15.1 Å². The van der Waals surface area contributed by atoms with Crippen molar-refractivity contribution in [3.05, 3.63) is 77.2 Å². The maximum absolute atomic E-state index is 14.0. The highest BCUT2D eigenvalue weighted by atomic mass is 32.1. The molecule has 2 heterocycles. The molecule has 4 aromatic rings. The Kier molecular flexibility index (Phi) is 6.63. The third kappa shape index (κ3) is 4.64. The van der Waals surface area contributed by atoms with Crippen molar-refractivity contribution in [2.45, 2.75) is 0 Å². The Morgan fingerprint density at radius 2 is 1.94 bits per heavy atom. The van der Waals surface area contributed by atoms with Crippen LogP contribution in [0.3, 0.4) is 0 Å². The molecule has 0 spiro atoms. The summed E-state index contributed by atoms with van der Waals surface area (Å²) in [5.41, 5.74) is 2.63. The van der Waals surface area contributed by atoms with Gasteiger partial charge >= 0.3 is 0 Å². The zero-order valence-electron chi connectivity index (χ0n) is 18.3. The van der Waals surface area contributed by atoms with Crippen LogP contribution in [0, 0.1) is 17.1 Å². The second-order valence-electron chi connectivity index (χ2n) is 7.41. The van der Waals surface area contributed by atoms with E-state index in [1.54, 1.807) is 43.7 Å². The van der Waals surface area contributed by atoms with Gasteiger partial charge < -0.3 is 15.0 Å². The van der Waals surface area contributed by atoms with Crippen LogP contribution in [0.25, 0.3) is 21.2 Å². The summed E-state index contributed by atoms with van der Waals surface area (Å²) in [4.78, 5) is 30.9. The number of nitrogens with one attached hydrogen (secondary N) is 1. The van der Waals surface area contributed by atoms with E-state index < -0.39 is 5.82 Å². The number of fused-ring (bicyclic) bond motifs is 1. The van der Waals surface area contributed by atoms with Crippen LogP contribution in [0.1, 0.15) is 15.2 Å². The van der Waals surface area contributed by atoms with Gasteiger partial charge in [-0.2, -0.15) is 5.26 Å². The molecule has 2 aromatic carbocycles. The number of pyridine rings is 1. The number of nitriles is 1. The average Bonchev–Trinajstić information content (AvgIpc) is 3.28. The summed E-state index contributed by atoms with van der Waals surface area (Å²) in [5, 5.41) is 12.5. The van der Waals surface area contributed by atoms with Crippen molar-refractivity contribution >= 4 is 44.6 Å². The fraction of sp³-hybridized carbons (Fsp3) is 0.120. The smallest absolute Gasteiger partial charge is 0.268 e. The van der Waals surface area contributed by atoms with Gasteiger partial charge in [-0.3, -0.25) is 14.6 Å². The van der Waals surface area contributed by atoms with Crippen molar-refractivity contribution in [3.8, 4) is 17.2 Å². The van der Waals surface area contributed by atoms with Crippen LogP contribution in [-0.4, -0.2) is 37.6 Å². The lowest BCUT2D eigenvalue weighted by molar-refractivity contribution is -0.119. The molecule has 0 saturated heterocycles. The van der Waals surface area contributed by atoms with E-state index in [1.807, 2.05) is 12.1 Å². The maximum atomic E-state index is 14.0. The van der Waals surface area contributed by atoms with E-state index in [-0.39, 0.29) is 24.0 Å². The molecule has 0 saturated carbocycles. The van der Waals surface area contributed by atoms with Crippen molar-refractivity contribution in [1.29, 1.82) is 5.26 Å².